The summed E-state index contributed by atoms with van der Waals surface area (Å²) in [6, 6.07) is 14.9. The lowest BCUT2D eigenvalue weighted by Crippen LogP contribution is -2.46. The van der Waals surface area contributed by atoms with Crippen LogP contribution in [0.2, 0.25) is 0 Å². The van der Waals surface area contributed by atoms with E-state index in [0.717, 1.165) is 36.2 Å². The minimum Gasteiger partial charge on any atom is -0.478 e. The molecule has 2 aromatic carbocycles. The largest absolute Gasteiger partial charge is 0.478 e. The zero-order valence-corrected chi connectivity index (χ0v) is 15.0. The van der Waals surface area contributed by atoms with Crippen molar-refractivity contribution in [1.82, 2.24) is 4.90 Å². The number of carbonyl (C=O) groups excluding carboxylic acids is 1. The van der Waals surface area contributed by atoms with Gasteiger partial charge in [0.2, 0.25) is 0 Å². The van der Waals surface area contributed by atoms with E-state index in [4.69, 9.17) is 4.74 Å². The van der Waals surface area contributed by atoms with Gasteiger partial charge in [-0.3, -0.25) is 0 Å². The molecule has 0 saturated carbocycles. The Morgan fingerprint density at radius 1 is 1.11 bits per heavy atom. The molecular weight excluding hydrogens is 344 g/mol. The number of rotatable bonds is 3. The van der Waals surface area contributed by atoms with Crippen LogP contribution in [0.5, 0.6) is 0 Å². The fraction of sp³-hybridized carbons (Fsp3) is 0.333. The van der Waals surface area contributed by atoms with E-state index in [0.29, 0.717) is 18.7 Å². The number of hydrogen-bond donors (Lipinski definition) is 2. The Hall–Kier alpha value is -3.02. The first kappa shape index (κ1) is 17.4. The van der Waals surface area contributed by atoms with E-state index in [-0.39, 0.29) is 18.1 Å². The number of aromatic carboxylic acids is 1. The highest BCUT2D eigenvalue weighted by Gasteiger charge is 2.42. The highest BCUT2D eigenvalue weighted by Crippen LogP contribution is 2.44. The van der Waals surface area contributed by atoms with Crippen LogP contribution in [0.15, 0.2) is 48.5 Å². The molecule has 0 aliphatic carbocycles. The number of carboxylic acid groups (broad SMARTS) is 1. The van der Waals surface area contributed by atoms with Crippen molar-refractivity contribution in [1.29, 1.82) is 0 Å². The number of ether oxygens (including phenoxy) is 1. The first-order chi connectivity index (χ1) is 13.1. The van der Waals surface area contributed by atoms with Gasteiger partial charge < -0.3 is 20.1 Å². The number of benzene rings is 2. The monoisotopic (exact) mass is 366 g/mol. The second-order valence-electron chi connectivity index (χ2n) is 7.23. The van der Waals surface area contributed by atoms with Crippen LogP contribution in [0.4, 0.5) is 10.5 Å². The number of anilines is 1. The van der Waals surface area contributed by atoms with E-state index in [9.17, 15) is 14.7 Å². The summed E-state index contributed by atoms with van der Waals surface area (Å²) in [6.45, 7) is 2.25. The Kier molecular flexibility index (Phi) is 4.48. The van der Waals surface area contributed by atoms with E-state index in [1.807, 2.05) is 36.4 Å². The number of nitrogens with zero attached hydrogens (tertiary/aromatic N) is 1. The molecule has 1 spiro atoms. The van der Waals surface area contributed by atoms with E-state index >= 15 is 0 Å². The summed E-state index contributed by atoms with van der Waals surface area (Å²) in [4.78, 5) is 25.4. The Morgan fingerprint density at radius 3 is 2.56 bits per heavy atom. The number of carboxylic acids is 1. The molecule has 0 aromatic heterocycles. The summed E-state index contributed by atoms with van der Waals surface area (Å²) in [5.41, 5.74) is 3.22. The van der Waals surface area contributed by atoms with Gasteiger partial charge in [-0.05, 0) is 42.2 Å². The van der Waals surface area contributed by atoms with Crippen molar-refractivity contribution in [3.63, 3.8) is 0 Å². The zero-order valence-electron chi connectivity index (χ0n) is 15.0. The summed E-state index contributed by atoms with van der Waals surface area (Å²) in [7, 11) is 0. The fourth-order valence-electron chi connectivity index (χ4n) is 4.00. The summed E-state index contributed by atoms with van der Waals surface area (Å²) in [6.07, 6.45) is 1.28. The predicted molar refractivity (Wildman–Crippen MR) is 101 cm³/mol. The molecule has 1 fully saturated rings. The first-order valence-electron chi connectivity index (χ1n) is 9.15. The summed E-state index contributed by atoms with van der Waals surface area (Å²) in [5.74, 6) is -0.915. The Labute approximate surface area is 157 Å². The van der Waals surface area contributed by atoms with Gasteiger partial charge in [-0.25, -0.2) is 9.59 Å². The Morgan fingerprint density at radius 2 is 1.85 bits per heavy atom. The van der Waals surface area contributed by atoms with Gasteiger partial charge in [0.25, 0.3) is 0 Å². The average molecular weight is 366 g/mol. The third kappa shape index (κ3) is 3.35. The summed E-state index contributed by atoms with van der Waals surface area (Å²) >= 11 is 0. The molecule has 1 amide bonds. The van der Waals surface area contributed by atoms with Gasteiger partial charge in [0, 0.05) is 30.7 Å². The van der Waals surface area contributed by atoms with Crippen LogP contribution in [0.3, 0.4) is 0 Å². The minimum atomic E-state index is -0.915. The van der Waals surface area contributed by atoms with Gasteiger partial charge in [0.15, 0.2) is 0 Å². The smallest absolute Gasteiger partial charge is 0.410 e. The van der Waals surface area contributed by atoms with Crippen LogP contribution in [-0.2, 0) is 16.8 Å². The molecule has 140 valence electrons. The standard InChI is InChI=1S/C21H22N2O4/c24-19(25)16-6-7-18-17(12-16)21(14-22-18)8-10-23(11-9-21)20(26)27-13-15-4-2-1-3-5-15/h1-7,12,22H,8-11,13-14H2,(H,24,25). The number of nitrogens with one attached hydrogen (secondary N) is 1. The van der Waals surface area contributed by atoms with E-state index in [1.165, 1.54) is 0 Å². The molecule has 2 aliphatic heterocycles. The van der Waals surface area contributed by atoms with Crippen molar-refractivity contribution in [2.45, 2.75) is 24.9 Å². The molecular formula is C21H22N2O4. The van der Waals surface area contributed by atoms with Gasteiger partial charge in [-0.2, -0.15) is 0 Å². The molecule has 2 heterocycles. The highest BCUT2D eigenvalue weighted by atomic mass is 16.6. The lowest BCUT2D eigenvalue weighted by molar-refractivity contribution is 0.0696. The van der Waals surface area contributed by atoms with Crippen molar-refractivity contribution >= 4 is 17.7 Å². The topological polar surface area (TPSA) is 78.9 Å². The molecule has 0 radical (unpaired) electrons. The van der Waals surface area contributed by atoms with Crippen molar-refractivity contribution < 1.29 is 19.4 Å². The molecule has 2 aliphatic rings. The Bertz CT molecular complexity index is 858. The quantitative estimate of drug-likeness (QED) is 0.869. The van der Waals surface area contributed by atoms with E-state index < -0.39 is 5.97 Å². The van der Waals surface area contributed by atoms with Crippen LogP contribution in [0.1, 0.15) is 34.3 Å². The third-order valence-electron chi connectivity index (χ3n) is 5.64. The van der Waals surface area contributed by atoms with Gasteiger partial charge in [-0.1, -0.05) is 30.3 Å². The molecule has 0 atom stereocenters. The maximum absolute atomic E-state index is 12.4. The van der Waals surface area contributed by atoms with E-state index in [1.54, 1.807) is 17.0 Å². The molecule has 2 aromatic rings. The van der Waals surface area contributed by atoms with Crippen LogP contribution >= 0.6 is 0 Å². The van der Waals surface area contributed by atoms with Gasteiger partial charge in [0.1, 0.15) is 6.61 Å². The minimum absolute atomic E-state index is 0.114. The van der Waals surface area contributed by atoms with Crippen molar-refractivity contribution in [3.8, 4) is 0 Å². The van der Waals surface area contributed by atoms with Crippen molar-refractivity contribution in [2.75, 3.05) is 25.0 Å². The predicted octanol–water partition coefficient (Wildman–Crippen LogP) is 3.48. The molecule has 6 heteroatoms. The molecule has 6 nitrogen and oxygen atoms in total. The maximum Gasteiger partial charge on any atom is 0.410 e. The molecule has 4 rings (SSSR count). The second kappa shape index (κ2) is 6.95. The van der Waals surface area contributed by atoms with Crippen molar-refractivity contribution in [2.24, 2.45) is 0 Å². The molecule has 0 unspecified atom stereocenters. The van der Waals surface area contributed by atoms with Crippen LogP contribution in [-0.4, -0.2) is 41.7 Å². The van der Waals surface area contributed by atoms with Gasteiger partial charge in [-0.15, -0.1) is 0 Å². The normalized spacial score (nSPS) is 17.3. The number of fused-ring (bicyclic) bond motifs is 2. The number of amides is 1. The third-order valence-corrected chi connectivity index (χ3v) is 5.64. The van der Waals surface area contributed by atoms with Gasteiger partial charge in [0.05, 0.1) is 5.56 Å². The zero-order chi connectivity index (χ0) is 18.9. The highest BCUT2D eigenvalue weighted by molar-refractivity contribution is 5.89. The molecule has 1 saturated heterocycles. The SMILES string of the molecule is O=C(O)c1ccc2c(c1)C1(CCN(C(=O)OCc3ccccc3)CC1)CN2. The second-order valence-corrected chi connectivity index (χ2v) is 7.23. The van der Waals surface area contributed by atoms with E-state index in [2.05, 4.69) is 5.32 Å². The van der Waals surface area contributed by atoms with Gasteiger partial charge >= 0.3 is 12.1 Å². The van der Waals surface area contributed by atoms with Crippen LogP contribution in [0.25, 0.3) is 0 Å². The van der Waals surface area contributed by atoms with Crippen LogP contribution < -0.4 is 5.32 Å². The lowest BCUT2D eigenvalue weighted by atomic mass is 9.74. The number of likely N-dealkylation sites (tertiary alicyclic amines) is 1. The summed E-state index contributed by atoms with van der Waals surface area (Å²) in [5, 5.41) is 12.7. The lowest BCUT2D eigenvalue weighted by Gasteiger charge is -2.38. The van der Waals surface area contributed by atoms with Crippen LogP contribution in [0, 0.1) is 0 Å². The fourth-order valence-corrected chi connectivity index (χ4v) is 4.00. The molecule has 27 heavy (non-hydrogen) atoms. The first-order valence-corrected chi connectivity index (χ1v) is 9.15. The average Bonchev–Trinajstić information content (AvgIpc) is 3.05. The number of hydrogen-bond acceptors (Lipinski definition) is 4. The number of carbonyl (C=O) groups is 2. The maximum atomic E-state index is 12.4. The molecule has 0 bridgehead atoms. The summed E-state index contributed by atoms with van der Waals surface area (Å²) < 4.78 is 5.43. The Balaban J connectivity index is 1.40. The van der Waals surface area contributed by atoms with Crippen molar-refractivity contribution in [3.05, 3.63) is 65.2 Å². The molecule has 2 N–H and O–H groups in total. The number of piperidine rings is 1.